The van der Waals surface area contributed by atoms with Crippen molar-refractivity contribution in [1.82, 2.24) is 15.5 Å². The van der Waals surface area contributed by atoms with Gasteiger partial charge in [0.1, 0.15) is 5.82 Å². The molecule has 4 nitrogen and oxygen atoms in total. The van der Waals surface area contributed by atoms with Gasteiger partial charge < -0.3 is 9.84 Å². The molecule has 1 aromatic heterocycles. The molecule has 1 N–H and O–H groups in total. The summed E-state index contributed by atoms with van der Waals surface area (Å²) < 4.78 is 18.2. The maximum Gasteiger partial charge on any atom is 0.231 e. The van der Waals surface area contributed by atoms with Gasteiger partial charge in [0.2, 0.25) is 5.89 Å². The smallest absolute Gasteiger partial charge is 0.231 e. The van der Waals surface area contributed by atoms with Crippen LogP contribution in [0.25, 0.3) is 0 Å². The third kappa shape index (κ3) is 2.92. The zero-order valence-corrected chi connectivity index (χ0v) is 9.90. The monoisotopic (exact) mass is 247 g/mol. The van der Waals surface area contributed by atoms with Crippen LogP contribution in [0.3, 0.4) is 0 Å². The molecule has 2 aromatic rings. The Bertz CT molecular complexity index is 537. The van der Waals surface area contributed by atoms with Gasteiger partial charge in [0.05, 0.1) is 13.0 Å². The summed E-state index contributed by atoms with van der Waals surface area (Å²) >= 11 is 0. The van der Waals surface area contributed by atoms with Crippen molar-refractivity contribution in [3.63, 3.8) is 0 Å². The van der Waals surface area contributed by atoms with Crippen molar-refractivity contribution >= 4 is 0 Å². The number of hydrogen-bond acceptors (Lipinski definition) is 4. The lowest BCUT2D eigenvalue weighted by molar-refractivity contribution is 0.377. The van der Waals surface area contributed by atoms with Crippen molar-refractivity contribution in [1.29, 1.82) is 0 Å². The summed E-state index contributed by atoms with van der Waals surface area (Å²) in [5, 5.41) is 7.21. The van der Waals surface area contributed by atoms with Crippen LogP contribution in [-0.4, -0.2) is 16.2 Å². The Hall–Kier alpha value is -1.75. The predicted octanol–water partition coefficient (Wildman–Crippen LogP) is 2.05. The average Bonchev–Trinajstić information content (AvgIpc) is 3.08. The van der Waals surface area contributed by atoms with Crippen molar-refractivity contribution in [3.8, 4) is 0 Å². The first-order valence-electron chi connectivity index (χ1n) is 6.09. The molecule has 5 heteroatoms. The highest BCUT2D eigenvalue weighted by Gasteiger charge is 2.21. The molecular formula is C13H14FN3O. The van der Waals surface area contributed by atoms with Gasteiger partial charge in [-0.05, 0) is 30.5 Å². The number of benzene rings is 1. The van der Waals surface area contributed by atoms with Gasteiger partial charge in [-0.3, -0.25) is 0 Å². The van der Waals surface area contributed by atoms with Gasteiger partial charge in [-0.25, -0.2) is 4.39 Å². The van der Waals surface area contributed by atoms with Crippen LogP contribution in [0.1, 0.15) is 30.1 Å². The van der Waals surface area contributed by atoms with Crippen LogP contribution in [0, 0.1) is 5.82 Å². The number of nitrogens with zero attached hydrogens (tertiary/aromatic N) is 2. The van der Waals surface area contributed by atoms with Crippen molar-refractivity contribution < 1.29 is 8.91 Å². The normalized spacial score (nSPS) is 14.9. The zero-order valence-electron chi connectivity index (χ0n) is 9.90. The topological polar surface area (TPSA) is 51.0 Å². The van der Waals surface area contributed by atoms with E-state index in [1.165, 1.54) is 25.0 Å². The Morgan fingerprint density at radius 3 is 3.06 bits per heavy atom. The fourth-order valence-corrected chi connectivity index (χ4v) is 1.78. The SMILES string of the molecule is Fc1cccc(Cc2nc(CNC3CC3)no2)c1. The maximum absolute atomic E-state index is 13.0. The first-order chi connectivity index (χ1) is 8.79. The van der Waals surface area contributed by atoms with Gasteiger partial charge in [-0.2, -0.15) is 4.98 Å². The molecule has 3 rings (SSSR count). The maximum atomic E-state index is 13.0. The van der Waals surface area contributed by atoms with Gasteiger partial charge in [-0.1, -0.05) is 17.3 Å². The van der Waals surface area contributed by atoms with Crippen LogP contribution in [-0.2, 0) is 13.0 Å². The van der Waals surface area contributed by atoms with E-state index in [2.05, 4.69) is 15.5 Å². The molecular weight excluding hydrogens is 233 g/mol. The third-order valence-electron chi connectivity index (χ3n) is 2.88. The van der Waals surface area contributed by atoms with E-state index in [0.717, 1.165) is 5.56 Å². The molecule has 1 heterocycles. The highest BCUT2D eigenvalue weighted by atomic mass is 19.1. The van der Waals surface area contributed by atoms with Crippen LogP contribution in [0.5, 0.6) is 0 Å². The first kappa shape index (κ1) is 11.3. The van der Waals surface area contributed by atoms with Gasteiger partial charge >= 0.3 is 0 Å². The zero-order chi connectivity index (χ0) is 12.4. The van der Waals surface area contributed by atoms with Crippen molar-refractivity contribution in [3.05, 3.63) is 47.4 Å². The Balaban J connectivity index is 1.61. The number of nitrogens with one attached hydrogen (secondary N) is 1. The lowest BCUT2D eigenvalue weighted by Gasteiger charge is -1.96. The highest BCUT2D eigenvalue weighted by Crippen LogP contribution is 2.19. The van der Waals surface area contributed by atoms with E-state index in [1.54, 1.807) is 6.07 Å². The summed E-state index contributed by atoms with van der Waals surface area (Å²) in [6.07, 6.45) is 2.93. The quantitative estimate of drug-likeness (QED) is 0.878. The van der Waals surface area contributed by atoms with E-state index < -0.39 is 0 Å². The van der Waals surface area contributed by atoms with E-state index in [4.69, 9.17) is 4.52 Å². The number of rotatable bonds is 5. The molecule has 94 valence electrons. The first-order valence-corrected chi connectivity index (χ1v) is 6.09. The van der Waals surface area contributed by atoms with Crippen LogP contribution < -0.4 is 5.32 Å². The van der Waals surface area contributed by atoms with E-state index in [1.807, 2.05) is 6.07 Å². The van der Waals surface area contributed by atoms with Crippen LogP contribution in [0.2, 0.25) is 0 Å². The number of hydrogen-bond donors (Lipinski definition) is 1. The summed E-state index contributed by atoms with van der Waals surface area (Å²) in [6.45, 7) is 0.636. The predicted molar refractivity (Wildman–Crippen MR) is 63.4 cm³/mol. The molecule has 1 aliphatic carbocycles. The molecule has 0 amide bonds. The summed E-state index contributed by atoms with van der Waals surface area (Å²) in [5.74, 6) is 0.934. The minimum atomic E-state index is -0.248. The van der Waals surface area contributed by atoms with E-state index in [0.29, 0.717) is 30.7 Å². The lowest BCUT2D eigenvalue weighted by Crippen LogP contribution is -2.16. The fourth-order valence-electron chi connectivity index (χ4n) is 1.78. The van der Waals surface area contributed by atoms with Crippen molar-refractivity contribution in [2.24, 2.45) is 0 Å². The molecule has 0 spiro atoms. The Labute approximate surface area is 104 Å². The standard InChI is InChI=1S/C13H14FN3O/c14-10-3-1-2-9(6-10)7-13-16-12(17-18-13)8-15-11-4-5-11/h1-3,6,11,15H,4-5,7-8H2. The average molecular weight is 247 g/mol. The molecule has 1 saturated carbocycles. The van der Waals surface area contributed by atoms with Crippen LogP contribution >= 0.6 is 0 Å². The molecule has 0 saturated heterocycles. The molecule has 0 radical (unpaired) electrons. The van der Waals surface area contributed by atoms with Gasteiger partial charge in [0.25, 0.3) is 0 Å². The second-order valence-electron chi connectivity index (χ2n) is 4.57. The molecule has 1 aromatic carbocycles. The van der Waals surface area contributed by atoms with Crippen LogP contribution in [0.15, 0.2) is 28.8 Å². The minimum Gasteiger partial charge on any atom is -0.339 e. The largest absolute Gasteiger partial charge is 0.339 e. The molecule has 0 bridgehead atoms. The highest BCUT2D eigenvalue weighted by molar-refractivity contribution is 5.19. The minimum absolute atomic E-state index is 0.248. The third-order valence-corrected chi connectivity index (χ3v) is 2.88. The second kappa shape index (κ2) is 4.86. The molecule has 0 aliphatic heterocycles. The van der Waals surface area contributed by atoms with Crippen molar-refractivity contribution in [2.75, 3.05) is 0 Å². The molecule has 1 aliphatic rings. The molecule has 1 fully saturated rings. The lowest BCUT2D eigenvalue weighted by atomic mass is 10.1. The summed E-state index contributed by atoms with van der Waals surface area (Å²) in [7, 11) is 0. The molecule has 18 heavy (non-hydrogen) atoms. The number of halogens is 1. The summed E-state index contributed by atoms with van der Waals surface area (Å²) in [5.41, 5.74) is 0.834. The fraction of sp³-hybridized carbons (Fsp3) is 0.385. The Morgan fingerprint density at radius 2 is 2.28 bits per heavy atom. The Kier molecular flexibility index (Phi) is 3.06. The van der Waals surface area contributed by atoms with E-state index >= 15 is 0 Å². The molecule has 0 atom stereocenters. The van der Waals surface area contributed by atoms with Crippen molar-refractivity contribution in [2.45, 2.75) is 31.8 Å². The second-order valence-corrected chi connectivity index (χ2v) is 4.57. The summed E-state index contributed by atoms with van der Waals surface area (Å²) in [6, 6.07) is 7.04. The van der Waals surface area contributed by atoms with Gasteiger partial charge in [0, 0.05) is 6.04 Å². The number of aromatic nitrogens is 2. The van der Waals surface area contributed by atoms with Crippen LogP contribution in [0.4, 0.5) is 4.39 Å². The molecule has 0 unspecified atom stereocenters. The summed E-state index contributed by atoms with van der Waals surface area (Å²) in [4.78, 5) is 4.27. The van der Waals surface area contributed by atoms with E-state index in [9.17, 15) is 4.39 Å². The van der Waals surface area contributed by atoms with Gasteiger partial charge in [0.15, 0.2) is 5.82 Å². The van der Waals surface area contributed by atoms with Gasteiger partial charge in [-0.15, -0.1) is 0 Å². The van der Waals surface area contributed by atoms with E-state index in [-0.39, 0.29) is 5.82 Å². The Morgan fingerprint density at radius 1 is 1.39 bits per heavy atom.